The third kappa shape index (κ3) is 1.74. The maximum absolute atomic E-state index is 3.37. The van der Waals surface area contributed by atoms with Gasteiger partial charge >= 0.3 is 0 Å². The van der Waals surface area contributed by atoms with Gasteiger partial charge in [-0.15, -0.1) is 0 Å². The molecule has 0 unspecified atom stereocenters. The summed E-state index contributed by atoms with van der Waals surface area (Å²) in [5.74, 6) is 0. The average Bonchev–Trinajstić information content (AvgIpc) is 2.33. The summed E-state index contributed by atoms with van der Waals surface area (Å²) in [6.07, 6.45) is 2.36. The van der Waals surface area contributed by atoms with Crippen LogP contribution in [0, 0.1) is 0 Å². The molecule has 0 fully saturated rings. The van der Waals surface area contributed by atoms with Gasteiger partial charge < -0.3 is 5.01 Å². The van der Waals surface area contributed by atoms with Crippen LogP contribution in [-0.2, 0) is 0 Å². The highest BCUT2D eigenvalue weighted by Crippen LogP contribution is 2.17. The van der Waals surface area contributed by atoms with Crippen LogP contribution in [-0.4, -0.2) is 18.1 Å². The van der Waals surface area contributed by atoms with Gasteiger partial charge in [-0.3, -0.25) is 0 Å². The van der Waals surface area contributed by atoms with E-state index in [0.717, 1.165) is 19.5 Å². The van der Waals surface area contributed by atoms with Crippen LogP contribution >= 0.6 is 0 Å². The lowest BCUT2D eigenvalue weighted by Crippen LogP contribution is -2.32. The highest BCUT2D eigenvalue weighted by Gasteiger charge is 2.15. The van der Waals surface area contributed by atoms with Gasteiger partial charge in [-0.25, -0.2) is 5.43 Å². The van der Waals surface area contributed by atoms with E-state index >= 15 is 0 Å². The second kappa shape index (κ2) is 3.77. The first-order chi connectivity index (χ1) is 5.29. The second-order valence-corrected chi connectivity index (χ2v) is 3.07. The number of nitrogens with zero attached hydrogens (tertiary/aromatic N) is 1. The molecule has 0 radical (unpaired) electrons. The molecule has 0 bridgehead atoms. The summed E-state index contributed by atoms with van der Waals surface area (Å²) in [5.41, 5.74) is 6.36. The quantitative estimate of drug-likeness (QED) is 0.668. The predicted molar refractivity (Wildman–Crippen MR) is 48.0 cm³/mol. The molecule has 1 aliphatic heterocycles. The van der Waals surface area contributed by atoms with Gasteiger partial charge in [0.25, 0.3) is 0 Å². The molecule has 64 valence electrons. The SMILES string of the molecule is CCCN1NCC(C)=C1CC. The zero-order chi connectivity index (χ0) is 8.27. The first kappa shape index (κ1) is 8.60. The minimum absolute atomic E-state index is 1.04. The van der Waals surface area contributed by atoms with Crippen LogP contribution in [0.5, 0.6) is 0 Å². The van der Waals surface area contributed by atoms with Gasteiger partial charge in [-0.2, -0.15) is 0 Å². The molecule has 0 aromatic carbocycles. The highest BCUT2D eigenvalue weighted by molar-refractivity contribution is 5.16. The standard InChI is InChI=1S/C9H18N2/c1-4-6-11-9(5-2)8(3)7-10-11/h10H,4-7H2,1-3H3. The van der Waals surface area contributed by atoms with E-state index in [1.807, 2.05) is 0 Å². The number of nitrogens with one attached hydrogen (secondary N) is 1. The van der Waals surface area contributed by atoms with E-state index in [1.54, 1.807) is 0 Å². The molecule has 0 aliphatic carbocycles. The Bertz CT molecular complexity index is 161. The Morgan fingerprint density at radius 3 is 2.73 bits per heavy atom. The van der Waals surface area contributed by atoms with Gasteiger partial charge in [0.15, 0.2) is 0 Å². The molecule has 11 heavy (non-hydrogen) atoms. The van der Waals surface area contributed by atoms with Crippen LogP contribution in [0.25, 0.3) is 0 Å². The van der Waals surface area contributed by atoms with Crippen molar-refractivity contribution in [3.05, 3.63) is 11.3 Å². The van der Waals surface area contributed by atoms with Gasteiger partial charge in [0.05, 0.1) is 0 Å². The molecule has 0 saturated heterocycles. The lowest BCUT2D eigenvalue weighted by molar-refractivity contribution is 0.276. The Morgan fingerprint density at radius 1 is 1.45 bits per heavy atom. The Labute approximate surface area is 69.2 Å². The zero-order valence-corrected chi connectivity index (χ0v) is 7.78. The molecule has 1 N–H and O–H groups in total. The molecular formula is C9H18N2. The third-order valence-electron chi connectivity index (χ3n) is 2.14. The van der Waals surface area contributed by atoms with Gasteiger partial charge in [-0.05, 0) is 25.3 Å². The lowest BCUT2D eigenvalue weighted by Gasteiger charge is -2.20. The largest absolute Gasteiger partial charge is 0.312 e. The Kier molecular flexibility index (Phi) is 2.94. The number of hydrazine groups is 1. The van der Waals surface area contributed by atoms with Crippen molar-refractivity contribution in [2.45, 2.75) is 33.6 Å². The maximum atomic E-state index is 3.37. The molecule has 1 heterocycles. The molecule has 0 spiro atoms. The molecule has 1 aliphatic rings. The Hall–Kier alpha value is -0.500. The second-order valence-electron chi connectivity index (χ2n) is 3.07. The van der Waals surface area contributed by atoms with Gasteiger partial charge in [0.2, 0.25) is 0 Å². The number of allylic oxidation sites excluding steroid dienone is 1. The van der Waals surface area contributed by atoms with Crippen LogP contribution in [0.4, 0.5) is 0 Å². The maximum Gasteiger partial charge on any atom is 0.0378 e. The molecule has 0 aromatic rings. The molecular weight excluding hydrogens is 136 g/mol. The van der Waals surface area contributed by atoms with E-state index < -0.39 is 0 Å². The normalized spacial score (nSPS) is 18.3. The van der Waals surface area contributed by atoms with Gasteiger partial charge in [0.1, 0.15) is 0 Å². The minimum atomic E-state index is 1.04. The molecule has 0 aromatic heterocycles. The average molecular weight is 154 g/mol. The number of hydrogen-bond acceptors (Lipinski definition) is 2. The topological polar surface area (TPSA) is 15.3 Å². The van der Waals surface area contributed by atoms with Crippen LogP contribution in [0.2, 0.25) is 0 Å². The van der Waals surface area contributed by atoms with Crippen LogP contribution in [0.15, 0.2) is 11.3 Å². The summed E-state index contributed by atoms with van der Waals surface area (Å²) in [7, 11) is 0. The van der Waals surface area contributed by atoms with Crippen molar-refractivity contribution in [2.75, 3.05) is 13.1 Å². The van der Waals surface area contributed by atoms with Crippen molar-refractivity contribution in [1.82, 2.24) is 10.4 Å². The molecule has 0 amide bonds. The van der Waals surface area contributed by atoms with Crippen molar-refractivity contribution in [3.8, 4) is 0 Å². The van der Waals surface area contributed by atoms with Crippen molar-refractivity contribution < 1.29 is 0 Å². The van der Waals surface area contributed by atoms with Crippen molar-refractivity contribution in [1.29, 1.82) is 0 Å². The fourth-order valence-electron chi connectivity index (χ4n) is 1.57. The lowest BCUT2D eigenvalue weighted by atomic mass is 10.2. The van der Waals surface area contributed by atoms with Crippen LogP contribution < -0.4 is 5.43 Å². The molecule has 2 nitrogen and oxygen atoms in total. The summed E-state index contributed by atoms with van der Waals surface area (Å²) in [5, 5.41) is 2.29. The summed E-state index contributed by atoms with van der Waals surface area (Å²) in [6.45, 7) is 8.82. The zero-order valence-electron chi connectivity index (χ0n) is 7.78. The third-order valence-corrected chi connectivity index (χ3v) is 2.14. The summed E-state index contributed by atoms with van der Waals surface area (Å²) < 4.78 is 0. The van der Waals surface area contributed by atoms with Crippen molar-refractivity contribution in [2.24, 2.45) is 0 Å². The van der Waals surface area contributed by atoms with E-state index in [-0.39, 0.29) is 0 Å². The number of rotatable bonds is 3. The molecule has 2 heteroatoms. The van der Waals surface area contributed by atoms with Crippen LogP contribution in [0.1, 0.15) is 33.6 Å². The minimum Gasteiger partial charge on any atom is -0.312 e. The number of hydrogen-bond donors (Lipinski definition) is 1. The first-order valence-electron chi connectivity index (χ1n) is 4.49. The van der Waals surface area contributed by atoms with Crippen molar-refractivity contribution >= 4 is 0 Å². The van der Waals surface area contributed by atoms with E-state index in [9.17, 15) is 0 Å². The van der Waals surface area contributed by atoms with Crippen LogP contribution in [0.3, 0.4) is 0 Å². The molecule has 0 atom stereocenters. The molecule has 0 saturated carbocycles. The van der Waals surface area contributed by atoms with Gasteiger partial charge in [0, 0.05) is 18.8 Å². The molecule has 1 rings (SSSR count). The van der Waals surface area contributed by atoms with E-state index in [1.165, 1.54) is 17.7 Å². The van der Waals surface area contributed by atoms with E-state index in [0.29, 0.717) is 0 Å². The fourth-order valence-corrected chi connectivity index (χ4v) is 1.57. The smallest absolute Gasteiger partial charge is 0.0378 e. The summed E-state index contributed by atoms with van der Waals surface area (Å²) in [4.78, 5) is 0. The Morgan fingerprint density at radius 2 is 2.18 bits per heavy atom. The first-order valence-corrected chi connectivity index (χ1v) is 4.49. The van der Waals surface area contributed by atoms with Gasteiger partial charge in [-0.1, -0.05) is 13.8 Å². The predicted octanol–water partition coefficient (Wildman–Crippen LogP) is 1.90. The Balaban J connectivity index is 2.56. The summed E-state index contributed by atoms with van der Waals surface area (Å²) in [6, 6.07) is 0. The summed E-state index contributed by atoms with van der Waals surface area (Å²) >= 11 is 0. The van der Waals surface area contributed by atoms with E-state index in [2.05, 4.69) is 31.2 Å². The monoisotopic (exact) mass is 154 g/mol. The fraction of sp³-hybridized carbons (Fsp3) is 0.778. The highest BCUT2D eigenvalue weighted by atomic mass is 15.5. The van der Waals surface area contributed by atoms with E-state index in [4.69, 9.17) is 0 Å². The van der Waals surface area contributed by atoms with Crippen molar-refractivity contribution in [3.63, 3.8) is 0 Å².